The number of benzene rings is 2. The van der Waals surface area contributed by atoms with Crippen molar-refractivity contribution in [3.05, 3.63) is 71.0 Å². The normalized spacial score (nSPS) is 12.1. The fourth-order valence-corrected chi connectivity index (χ4v) is 3.21. The molecule has 0 bridgehead atoms. The van der Waals surface area contributed by atoms with Gasteiger partial charge in [0.05, 0.1) is 5.75 Å². The maximum absolute atomic E-state index is 12.8. The SMILES string of the molecule is Cc1cccc(CS(=O)CC(=O)Cc2ccc(F)cc2)c1. The number of hydrogen-bond donors (Lipinski definition) is 0. The Balaban J connectivity index is 1.87. The molecule has 2 aromatic carbocycles. The predicted octanol–water partition coefficient (Wildman–Crippen LogP) is 3.19. The highest BCUT2D eigenvalue weighted by Crippen LogP contribution is 2.08. The molecule has 0 N–H and O–H groups in total. The Kier molecular flexibility index (Phi) is 5.39. The molecule has 0 radical (unpaired) electrons. The maximum atomic E-state index is 12.8. The Bertz CT molecular complexity index is 650. The minimum Gasteiger partial charge on any atom is -0.298 e. The van der Waals surface area contributed by atoms with Crippen molar-refractivity contribution in [2.75, 3.05) is 5.75 Å². The van der Waals surface area contributed by atoms with Crippen molar-refractivity contribution < 1.29 is 13.4 Å². The van der Waals surface area contributed by atoms with Crippen molar-refractivity contribution in [1.82, 2.24) is 0 Å². The van der Waals surface area contributed by atoms with Crippen LogP contribution in [-0.2, 0) is 27.8 Å². The zero-order valence-electron chi connectivity index (χ0n) is 11.8. The number of rotatable bonds is 6. The molecule has 0 aliphatic carbocycles. The zero-order valence-corrected chi connectivity index (χ0v) is 12.7. The molecule has 2 aromatic rings. The molecular weight excluding hydrogens is 287 g/mol. The first-order valence-electron chi connectivity index (χ1n) is 6.69. The van der Waals surface area contributed by atoms with E-state index in [0.717, 1.165) is 16.7 Å². The summed E-state index contributed by atoms with van der Waals surface area (Å²) < 4.78 is 24.8. The molecule has 0 heterocycles. The molecule has 1 unspecified atom stereocenters. The number of halogens is 1. The number of aryl methyl sites for hydroxylation is 1. The third-order valence-corrected chi connectivity index (χ3v) is 4.35. The first-order valence-corrected chi connectivity index (χ1v) is 8.18. The van der Waals surface area contributed by atoms with Crippen LogP contribution in [0, 0.1) is 12.7 Å². The fourth-order valence-electron chi connectivity index (χ4n) is 2.10. The van der Waals surface area contributed by atoms with Crippen molar-refractivity contribution in [2.45, 2.75) is 19.1 Å². The summed E-state index contributed by atoms with van der Waals surface area (Å²) in [4.78, 5) is 11.9. The third-order valence-electron chi connectivity index (χ3n) is 3.05. The second kappa shape index (κ2) is 7.27. The summed E-state index contributed by atoms with van der Waals surface area (Å²) in [5, 5.41) is 0. The Hall–Kier alpha value is -1.81. The molecule has 2 rings (SSSR count). The first-order chi connectivity index (χ1) is 10.0. The van der Waals surface area contributed by atoms with E-state index in [1.807, 2.05) is 31.2 Å². The zero-order chi connectivity index (χ0) is 15.2. The minimum absolute atomic E-state index is 0.0331. The van der Waals surface area contributed by atoms with Crippen molar-refractivity contribution in [3.8, 4) is 0 Å². The first kappa shape index (κ1) is 15.6. The number of hydrogen-bond acceptors (Lipinski definition) is 2. The van der Waals surface area contributed by atoms with E-state index < -0.39 is 10.8 Å². The molecule has 0 fully saturated rings. The maximum Gasteiger partial charge on any atom is 0.149 e. The van der Waals surface area contributed by atoms with Crippen LogP contribution in [0.2, 0.25) is 0 Å². The lowest BCUT2D eigenvalue weighted by molar-refractivity contribution is -0.116. The van der Waals surface area contributed by atoms with Crippen LogP contribution < -0.4 is 0 Å². The van der Waals surface area contributed by atoms with E-state index in [1.54, 1.807) is 12.1 Å². The van der Waals surface area contributed by atoms with Gasteiger partial charge in [-0.2, -0.15) is 0 Å². The van der Waals surface area contributed by atoms with Gasteiger partial charge >= 0.3 is 0 Å². The molecule has 0 aliphatic heterocycles. The van der Waals surface area contributed by atoms with Crippen LogP contribution in [-0.4, -0.2) is 15.7 Å². The summed E-state index contributed by atoms with van der Waals surface area (Å²) in [5.74, 6) is 0.00382. The largest absolute Gasteiger partial charge is 0.298 e. The molecule has 0 amide bonds. The summed E-state index contributed by atoms with van der Waals surface area (Å²) >= 11 is 0. The lowest BCUT2D eigenvalue weighted by atomic mass is 10.1. The predicted molar refractivity (Wildman–Crippen MR) is 83.0 cm³/mol. The quantitative estimate of drug-likeness (QED) is 0.821. The van der Waals surface area contributed by atoms with E-state index in [4.69, 9.17) is 0 Å². The van der Waals surface area contributed by atoms with Gasteiger partial charge in [0.25, 0.3) is 0 Å². The van der Waals surface area contributed by atoms with Crippen LogP contribution in [0.5, 0.6) is 0 Å². The summed E-state index contributed by atoms with van der Waals surface area (Å²) in [5.41, 5.74) is 2.83. The molecule has 110 valence electrons. The van der Waals surface area contributed by atoms with Crippen LogP contribution in [0.3, 0.4) is 0 Å². The van der Waals surface area contributed by atoms with E-state index in [1.165, 1.54) is 12.1 Å². The average molecular weight is 304 g/mol. The standard InChI is InChI=1S/C17H17FO2S/c1-13-3-2-4-15(9-13)11-21(20)12-17(19)10-14-5-7-16(18)8-6-14/h2-9H,10-12H2,1H3. The van der Waals surface area contributed by atoms with E-state index in [-0.39, 0.29) is 23.8 Å². The van der Waals surface area contributed by atoms with Gasteiger partial charge in [0.2, 0.25) is 0 Å². The van der Waals surface area contributed by atoms with Gasteiger partial charge in [0.15, 0.2) is 0 Å². The monoisotopic (exact) mass is 304 g/mol. The summed E-state index contributed by atoms with van der Waals surface area (Å²) in [6.45, 7) is 1.98. The van der Waals surface area contributed by atoms with Gasteiger partial charge in [-0.15, -0.1) is 0 Å². The van der Waals surface area contributed by atoms with Crippen LogP contribution in [0.25, 0.3) is 0 Å². The van der Waals surface area contributed by atoms with Gasteiger partial charge in [-0.25, -0.2) is 4.39 Å². The van der Waals surface area contributed by atoms with Gasteiger partial charge in [0, 0.05) is 23.0 Å². The van der Waals surface area contributed by atoms with Gasteiger partial charge in [-0.3, -0.25) is 9.00 Å². The molecular formula is C17H17FO2S. The highest BCUT2D eigenvalue weighted by atomic mass is 32.2. The summed E-state index contributed by atoms with van der Waals surface area (Å²) in [6, 6.07) is 13.6. The highest BCUT2D eigenvalue weighted by Gasteiger charge is 2.10. The van der Waals surface area contributed by atoms with E-state index in [2.05, 4.69) is 0 Å². The van der Waals surface area contributed by atoms with Gasteiger partial charge in [-0.05, 0) is 30.2 Å². The van der Waals surface area contributed by atoms with Crippen LogP contribution in [0.1, 0.15) is 16.7 Å². The second-order valence-electron chi connectivity index (χ2n) is 5.06. The van der Waals surface area contributed by atoms with E-state index >= 15 is 0 Å². The molecule has 2 nitrogen and oxygen atoms in total. The lowest BCUT2D eigenvalue weighted by Crippen LogP contribution is -2.14. The highest BCUT2D eigenvalue weighted by molar-refractivity contribution is 7.84. The van der Waals surface area contributed by atoms with Crippen molar-refractivity contribution in [3.63, 3.8) is 0 Å². The Morgan fingerprint density at radius 2 is 1.81 bits per heavy atom. The molecule has 0 aromatic heterocycles. The Morgan fingerprint density at radius 3 is 2.48 bits per heavy atom. The van der Waals surface area contributed by atoms with Crippen molar-refractivity contribution in [2.24, 2.45) is 0 Å². The van der Waals surface area contributed by atoms with E-state index in [9.17, 15) is 13.4 Å². The molecule has 21 heavy (non-hydrogen) atoms. The van der Waals surface area contributed by atoms with Crippen LogP contribution in [0.4, 0.5) is 4.39 Å². The Morgan fingerprint density at radius 1 is 1.10 bits per heavy atom. The van der Waals surface area contributed by atoms with Gasteiger partial charge < -0.3 is 0 Å². The third kappa shape index (κ3) is 5.23. The molecule has 1 atom stereocenters. The minimum atomic E-state index is -1.21. The van der Waals surface area contributed by atoms with Gasteiger partial charge in [0.1, 0.15) is 11.6 Å². The van der Waals surface area contributed by atoms with Crippen molar-refractivity contribution in [1.29, 1.82) is 0 Å². The average Bonchev–Trinajstić information content (AvgIpc) is 2.41. The number of carbonyl (C=O) groups is 1. The lowest BCUT2D eigenvalue weighted by Gasteiger charge is -2.04. The Labute approximate surface area is 126 Å². The number of ketones is 1. The molecule has 0 spiro atoms. The van der Waals surface area contributed by atoms with Crippen molar-refractivity contribution >= 4 is 16.6 Å². The van der Waals surface area contributed by atoms with E-state index in [0.29, 0.717) is 5.75 Å². The summed E-state index contributed by atoms with van der Waals surface area (Å²) in [6.07, 6.45) is 0.194. The molecule has 0 aliphatic rings. The second-order valence-corrected chi connectivity index (χ2v) is 6.52. The fraction of sp³-hybridized carbons (Fsp3) is 0.235. The smallest absolute Gasteiger partial charge is 0.149 e. The number of carbonyl (C=O) groups excluding carboxylic acids is 1. The van der Waals surface area contributed by atoms with Crippen LogP contribution >= 0.6 is 0 Å². The topological polar surface area (TPSA) is 34.1 Å². The molecule has 0 saturated carbocycles. The number of Topliss-reactive ketones (excluding diaryl/α,β-unsaturated/α-hetero) is 1. The van der Waals surface area contributed by atoms with Gasteiger partial charge in [-0.1, -0.05) is 42.0 Å². The molecule has 4 heteroatoms. The summed E-state index contributed by atoms with van der Waals surface area (Å²) in [7, 11) is -1.21. The van der Waals surface area contributed by atoms with Crippen LogP contribution in [0.15, 0.2) is 48.5 Å². The molecule has 0 saturated heterocycles.